The standard InChI is InChI=1S/C15H12N2O3/c1-19-12-7-6-11-13(17-12)15(8-20-11)9-4-2-3-5-10(9)16-14(15)18/h2-7H,8H2,1H3,(H,16,18). The molecule has 0 saturated carbocycles. The van der Waals surface area contributed by atoms with Crippen molar-refractivity contribution in [2.45, 2.75) is 5.41 Å². The Hall–Kier alpha value is -2.56. The number of anilines is 1. The van der Waals surface area contributed by atoms with Crippen LogP contribution in [-0.2, 0) is 10.2 Å². The van der Waals surface area contributed by atoms with Crippen molar-refractivity contribution in [1.29, 1.82) is 0 Å². The van der Waals surface area contributed by atoms with Gasteiger partial charge in [0, 0.05) is 17.3 Å². The summed E-state index contributed by atoms with van der Waals surface area (Å²) in [5.74, 6) is 1.02. The Balaban J connectivity index is 1.99. The molecule has 1 unspecified atom stereocenters. The molecular formula is C15H12N2O3. The summed E-state index contributed by atoms with van der Waals surface area (Å²) in [6.07, 6.45) is 0. The first kappa shape index (κ1) is 11.3. The molecule has 2 aromatic rings. The van der Waals surface area contributed by atoms with Crippen LogP contribution < -0.4 is 14.8 Å². The summed E-state index contributed by atoms with van der Waals surface area (Å²) in [5, 5.41) is 2.91. The van der Waals surface area contributed by atoms with Crippen molar-refractivity contribution in [3.8, 4) is 11.6 Å². The number of para-hydroxylation sites is 1. The summed E-state index contributed by atoms with van der Waals surface area (Å²) in [6.45, 7) is 0.269. The third-order valence-corrected chi connectivity index (χ3v) is 3.91. The number of hydrogen-bond acceptors (Lipinski definition) is 4. The van der Waals surface area contributed by atoms with E-state index in [1.807, 2.05) is 24.3 Å². The maximum Gasteiger partial charge on any atom is 0.244 e. The zero-order valence-electron chi connectivity index (χ0n) is 10.8. The molecular weight excluding hydrogens is 256 g/mol. The molecule has 100 valence electrons. The lowest BCUT2D eigenvalue weighted by molar-refractivity contribution is -0.119. The minimum atomic E-state index is -0.861. The highest BCUT2D eigenvalue weighted by atomic mass is 16.5. The van der Waals surface area contributed by atoms with E-state index in [1.165, 1.54) is 0 Å². The average molecular weight is 268 g/mol. The van der Waals surface area contributed by atoms with Gasteiger partial charge in [-0.1, -0.05) is 18.2 Å². The van der Waals surface area contributed by atoms with Crippen LogP contribution in [0.15, 0.2) is 36.4 Å². The van der Waals surface area contributed by atoms with E-state index >= 15 is 0 Å². The molecule has 0 bridgehead atoms. The number of methoxy groups -OCH3 is 1. The van der Waals surface area contributed by atoms with Gasteiger partial charge in [-0.15, -0.1) is 0 Å². The topological polar surface area (TPSA) is 60.5 Å². The molecule has 1 N–H and O–H groups in total. The van der Waals surface area contributed by atoms with E-state index in [0.717, 1.165) is 11.3 Å². The van der Waals surface area contributed by atoms with Crippen molar-refractivity contribution in [2.24, 2.45) is 0 Å². The molecule has 2 aliphatic heterocycles. The lowest BCUT2D eigenvalue weighted by Crippen LogP contribution is -2.37. The molecule has 1 atom stereocenters. The van der Waals surface area contributed by atoms with Crippen LogP contribution in [0.25, 0.3) is 0 Å². The molecule has 4 rings (SSSR count). The lowest BCUT2D eigenvalue weighted by atomic mass is 9.80. The van der Waals surface area contributed by atoms with E-state index in [-0.39, 0.29) is 12.5 Å². The van der Waals surface area contributed by atoms with E-state index < -0.39 is 5.41 Å². The largest absolute Gasteiger partial charge is 0.490 e. The minimum absolute atomic E-state index is 0.0989. The van der Waals surface area contributed by atoms with Gasteiger partial charge in [0.25, 0.3) is 0 Å². The first-order valence-corrected chi connectivity index (χ1v) is 6.35. The Kier molecular flexibility index (Phi) is 2.10. The smallest absolute Gasteiger partial charge is 0.244 e. The van der Waals surface area contributed by atoms with E-state index in [1.54, 1.807) is 19.2 Å². The van der Waals surface area contributed by atoms with Gasteiger partial charge in [-0.3, -0.25) is 4.79 Å². The van der Waals surface area contributed by atoms with E-state index in [4.69, 9.17) is 9.47 Å². The number of fused-ring (bicyclic) bond motifs is 4. The number of pyridine rings is 1. The van der Waals surface area contributed by atoms with Crippen LogP contribution in [0.2, 0.25) is 0 Å². The third kappa shape index (κ3) is 1.22. The first-order chi connectivity index (χ1) is 9.75. The van der Waals surface area contributed by atoms with Crippen LogP contribution in [0, 0.1) is 0 Å². The van der Waals surface area contributed by atoms with E-state index in [0.29, 0.717) is 17.3 Å². The zero-order valence-corrected chi connectivity index (χ0v) is 10.8. The van der Waals surface area contributed by atoms with Gasteiger partial charge in [0.2, 0.25) is 11.8 Å². The van der Waals surface area contributed by atoms with E-state index in [2.05, 4.69) is 10.3 Å². The van der Waals surface area contributed by atoms with Gasteiger partial charge in [0.15, 0.2) is 5.41 Å². The summed E-state index contributed by atoms with van der Waals surface area (Å²) in [5.41, 5.74) is 1.49. The van der Waals surface area contributed by atoms with Crippen molar-refractivity contribution >= 4 is 11.6 Å². The highest BCUT2D eigenvalue weighted by Crippen LogP contribution is 2.49. The number of carbonyl (C=O) groups is 1. The maximum atomic E-state index is 12.5. The molecule has 5 heteroatoms. The van der Waals surface area contributed by atoms with Crippen LogP contribution in [0.5, 0.6) is 11.6 Å². The second-order valence-electron chi connectivity index (χ2n) is 4.89. The Bertz CT molecular complexity index is 729. The molecule has 0 saturated heterocycles. The normalized spacial score (nSPS) is 22.1. The lowest BCUT2D eigenvalue weighted by Gasteiger charge is -2.19. The fraction of sp³-hybridized carbons (Fsp3) is 0.200. The van der Waals surface area contributed by atoms with Crippen LogP contribution in [0.3, 0.4) is 0 Å². The summed E-state index contributed by atoms with van der Waals surface area (Å²) in [7, 11) is 1.56. The van der Waals surface area contributed by atoms with Crippen LogP contribution in [0.4, 0.5) is 5.69 Å². The van der Waals surface area contributed by atoms with Gasteiger partial charge in [-0.25, -0.2) is 4.98 Å². The fourth-order valence-corrected chi connectivity index (χ4v) is 2.91. The highest BCUT2D eigenvalue weighted by molar-refractivity contribution is 6.09. The second kappa shape index (κ2) is 3.72. The zero-order chi connectivity index (χ0) is 13.7. The third-order valence-electron chi connectivity index (χ3n) is 3.91. The van der Waals surface area contributed by atoms with Crippen LogP contribution in [0.1, 0.15) is 11.3 Å². The quantitative estimate of drug-likeness (QED) is 0.855. The molecule has 1 aromatic heterocycles. The Morgan fingerprint density at radius 2 is 2.15 bits per heavy atom. The molecule has 0 fully saturated rings. The molecule has 1 spiro atoms. The van der Waals surface area contributed by atoms with Crippen LogP contribution in [-0.4, -0.2) is 24.6 Å². The summed E-state index contributed by atoms with van der Waals surface area (Å²) < 4.78 is 10.9. The van der Waals surface area contributed by atoms with Crippen molar-refractivity contribution in [3.05, 3.63) is 47.7 Å². The summed E-state index contributed by atoms with van der Waals surface area (Å²) in [4.78, 5) is 17.0. The monoisotopic (exact) mass is 268 g/mol. The molecule has 0 radical (unpaired) electrons. The van der Waals surface area contributed by atoms with Gasteiger partial charge >= 0.3 is 0 Å². The SMILES string of the molecule is COc1ccc2c(n1)C1(CO2)C(=O)Nc2ccccc21. The molecule has 5 nitrogen and oxygen atoms in total. The Morgan fingerprint density at radius 1 is 1.30 bits per heavy atom. The highest BCUT2D eigenvalue weighted by Gasteiger charge is 2.55. The van der Waals surface area contributed by atoms with Gasteiger partial charge in [0.1, 0.15) is 18.1 Å². The predicted octanol–water partition coefficient (Wildman–Crippen LogP) is 1.72. The van der Waals surface area contributed by atoms with Gasteiger partial charge in [-0.05, 0) is 12.1 Å². The predicted molar refractivity (Wildman–Crippen MR) is 72.1 cm³/mol. The van der Waals surface area contributed by atoms with Crippen molar-refractivity contribution < 1.29 is 14.3 Å². The molecule has 3 heterocycles. The number of hydrogen-bond donors (Lipinski definition) is 1. The number of nitrogens with zero attached hydrogens (tertiary/aromatic N) is 1. The Morgan fingerprint density at radius 3 is 3.00 bits per heavy atom. The van der Waals surface area contributed by atoms with Crippen molar-refractivity contribution in [2.75, 3.05) is 19.0 Å². The van der Waals surface area contributed by atoms with Crippen molar-refractivity contribution in [3.63, 3.8) is 0 Å². The van der Waals surface area contributed by atoms with Gasteiger partial charge in [-0.2, -0.15) is 0 Å². The maximum absolute atomic E-state index is 12.5. The minimum Gasteiger partial charge on any atom is -0.490 e. The summed E-state index contributed by atoms with van der Waals surface area (Å²) >= 11 is 0. The number of ether oxygens (including phenoxy) is 2. The Labute approximate surface area is 115 Å². The molecule has 0 aliphatic carbocycles. The number of nitrogens with one attached hydrogen (secondary N) is 1. The number of carbonyl (C=O) groups excluding carboxylic acids is 1. The van der Waals surface area contributed by atoms with Crippen molar-refractivity contribution in [1.82, 2.24) is 4.98 Å². The number of benzene rings is 1. The average Bonchev–Trinajstić information content (AvgIpc) is 3.00. The van der Waals surface area contributed by atoms with Crippen LogP contribution >= 0.6 is 0 Å². The first-order valence-electron chi connectivity index (χ1n) is 6.35. The molecule has 2 aliphatic rings. The molecule has 1 aromatic carbocycles. The molecule has 20 heavy (non-hydrogen) atoms. The molecule has 1 amide bonds. The van der Waals surface area contributed by atoms with Gasteiger partial charge < -0.3 is 14.8 Å². The van der Waals surface area contributed by atoms with E-state index in [9.17, 15) is 4.79 Å². The fourth-order valence-electron chi connectivity index (χ4n) is 2.91. The summed E-state index contributed by atoms with van der Waals surface area (Å²) in [6, 6.07) is 11.2. The van der Waals surface area contributed by atoms with Gasteiger partial charge in [0.05, 0.1) is 7.11 Å². The second-order valence-corrected chi connectivity index (χ2v) is 4.89. The number of aromatic nitrogens is 1. The number of rotatable bonds is 1. The number of amides is 1.